The van der Waals surface area contributed by atoms with Crippen molar-refractivity contribution in [1.29, 1.82) is 0 Å². The third kappa shape index (κ3) is 11.4. The summed E-state index contributed by atoms with van der Waals surface area (Å²) in [6.45, 7) is 4.65. The highest BCUT2D eigenvalue weighted by atomic mass is 127. The SMILES string of the molecule is CCNC(=NCCCNS(=O)(=O)CC)NC1CCN(CC(F)(F)F)C1.I. The molecule has 0 aromatic heterocycles. The zero-order chi connectivity index (χ0) is 18.9. The molecule has 1 aliphatic rings. The van der Waals surface area contributed by atoms with Gasteiger partial charge in [-0.1, -0.05) is 0 Å². The van der Waals surface area contributed by atoms with E-state index in [1.165, 1.54) is 4.90 Å². The van der Waals surface area contributed by atoms with Crippen molar-refractivity contribution in [3.05, 3.63) is 0 Å². The lowest BCUT2D eigenvalue weighted by atomic mass is 10.3. The van der Waals surface area contributed by atoms with Crippen molar-refractivity contribution in [3.8, 4) is 0 Å². The largest absolute Gasteiger partial charge is 0.401 e. The molecule has 0 aliphatic carbocycles. The number of likely N-dealkylation sites (tertiary alicyclic amines) is 1. The van der Waals surface area contributed by atoms with Gasteiger partial charge >= 0.3 is 6.18 Å². The summed E-state index contributed by atoms with van der Waals surface area (Å²) in [5.41, 5.74) is 0. The minimum atomic E-state index is -4.18. The highest BCUT2D eigenvalue weighted by Crippen LogP contribution is 2.19. The average Bonchev–Trinajstić information content (AvgIpc) is 2.92. The molecule has 0 aromatic rings. The van der Waals surface area contributed by atoms with Crippen molar-refractivity contribution in [2.45, 2.75) is 38.9 Å². The Balaban J connectivity index is 0.00000625. The first kappa shape index (κ1) is 25.7. The molecule has 0 aromatic carbocycles. The van der Waals surface area contributed by atoms with Crippen LogP contribution in [-0.4, -0.2) is 76.5 Å². The number of nitrogens with one attached hydrogen (secondary N) is 3. The van der Waals surface area contributed by atoms with Crippen molar-refractivity contribution in [2.24, 2.45) is 4.99 Å². The van der Waals surface area contributed by atoms with Gasteiger partial charge in [-0.15, -0.1) is 24.0 Å². The van der Waals surface area contributed by atoms with Crippen molar-refractivity contribution in [2.75, 3.05) is 45.0 Å². The molecular weight excluding hydrogens is 486 g/mol. The van der Waals surface area contributed by atoms with Crippen LogP contribution in [0.3, 0.4) is 0 Å². The lowest BCUT2D eigenvalue weighted by Gasteiger charge is -2.19. The zero-order valence-corrected chi connectivity index (χ0v) is 18.2. The van der Waals surface area contributed by atoms with E-state index in [0.717, 1.165) is 0 Å². The lowest BCUT2D eigenvalue weighted by molar-refractivity contribution is -0.143. The Bertz CT molecular complexity index is 531. The first-order chi connectivity index (χ1) is 11.6. The van der Waals surface area contributed by atoms with Crippen LogP contribution in [0.2, 0.25) is 0 Å². The van der Waals surface area contributed by atoms with E-state index in [0.29, 0.717) is 51.5 Å². The number of hydrogen-bond donors (Lipinski definition) is 3. The fraction of sp³-hybridized carbons (Fsp3) is 0.929. The Morgan fingerprint density at radius 3 is 2.58 bits per heavy atom. The summed E-state index contributed by atoms with van der Waals surface area (Å²) < 4.78 is 62.3. The van der Waals surface area contributed by atoms with Crippen LogP contribution in [0.15, 0.2) is 4.99 Å². The van der Waals surface area contributed by atoms with Crippen LogP contribution in [-0.2, 0) is 10.0 Å². The van der Waals surface area contributed by atoms with Gasteiger partial charge in [0.1, 0.15) is 0 Å². The molecule has 0 spiro atoms. The number of nitrogens with zero attached hydrogens (tertiary/aromatic N) is 2. The maximum atomic E-state index is 12.4. The Hall–Kier alpha value is -0.340. The summed E-state index contributed by atoms with van der Waals surface area (Å²) >= 11 is 0. The molecule has 156 valence electrons. The van der Waals surface area contributed by atoms with E-state index < -0.39 is 22.7 Å². The second-order valence-electron chi connectivity index (χ2n) is 5.89. The summed E-state index contributed by atoms with van der Waals surface area (Å²) in [6, 6.07) is -0.0845. The number of sulfonamides is 1. The number of halogens is 4. The third-order valence-electron chi connectivity index (χ3n) is 3.67. The van der Waals surface area contributed by atoms with E-state index in [9.17, 15) is 21.6 Å². The van der Waals surface area contributed by atoms with Crippen LogP contribution in [0.5, 0.6) is 0 Å². The van der Waals surface area contributed by atoms with Crippen molar-refractivity contribution >= 4 is 40.0 Å². The second-order valence-corrected chi connectivity index (χ2v) is 7.99. The minimum Gasteiger partial charge on any atom is -0.357 e. The van der Waals surface area contributed by atoms with Crippen LogP contribution in [0.25, 0.3) is 0 Å². The van der Waals surface area contributed by atoms with Gasteiger partial charge in [-0.05, 0) is 26.7 Å². The molecule has 0 radical (unpaired) electrons. The normalized spacial score (nSPS) is 19.3. The molecular formula is C14H29F3IN5O2S. The van der Waals surface area contributed by atoms with Gasteiger partial charge in [0, 0.05) is 38.8 Å². The number of alkyl halides is 3. The van der Waals surface area contributed by atoms with Gasteiger partial charge in [0.15, 0.2) is 5.96 Å². The summed E-state index contributed by atoms with van der Waals surface area (Å²) in [4.78, 5) is 5.72. The molecule has 0 saturated carbocycles. The molecule has 1 heterocycles. The summed E-state index contributed by atoms with van der Waals surface area (Å²) in [5.74, 6) is 0.580. The molecule has 1 atom stereocenters. The Morgan fingerprint density at radius 1 is 1.31 bits per heavy atom. The summed E-state index contributed by atoms with van der Waals surface area (Å²) in [7, 11) is -3.20. The van der Waals surface area contributed by atoms with E-state index >= 15 is 0 Å². The van der Waals surface area contributed by atoms with Gasteiger partial charge in [-0.3, -0.25) is 9.89 Å². The van der Waals surface area contributed by atoms with Crippen molar-refractivity contribution in [1.82, 2.24) is 20.3 Å². The summed E-state index contributed by atoms with van der Waals surface area (Å²) in [6.07, 6.45) is -3.02. The molecule has 1 unspecified atom stereocenters. The molecule has 1 aliphatic heterocycles. The van der Waals surface area contributed by atoms with Crippen LogP contribution in [0.4, 0.5) is 13.2 Å². The minimum absolute atomic E-state index is 0. The van der Waals surface area contributed by atoms with E-state index in [-0.39, 0.29) is 35.8 Å². The molecule has 3 N–H and O–H groups in total. The topological polar surface area (TPSA) is 85.8 Å². The standard InChI is InChI=1S/C14H28F3N5O2S.HI/c1-3-18-13(19-7-5-8-20-25(23,24)4-2)21-12-6-9-22(10-12)11-14(15,16)17;/h12,20H,3-11H2,1-2H3,(H2,18,19,21);1H. The fourth-order valence-corrected chi connectivity index (χ4v) is 3.12. The van der Waals surface area contributed by atoms with Crippen molar-refractivity contribution in [3.63, 3.8) is 0 Å². The number of aliphatic imine (C=N–C) groups is 1. The quantitative estimate of drug-likeness (QED) is 0.186. The van der Waals surface area contributed by atoms with Gasteiger partial charge in [0.2, 0.25) is 10.0 Å². The molecule has 0 bridgehead atoms. The lowest BCUT2D eigenvalue weighted by Crippen LogP contribution is -2.45. The fourth-order valence-electron chi connectivity index (χ4n) is 2.46. The number of guanidine groups is 1. The van der Waals surface area contributed by atoms with Crippen LogP contribution >= 0.6 is 24.0 Å². The van der Waals surface area contributed by atoms with Crippen LogP contribution in [0, 0.1) is 0 Å². The van der Waals surface area contributed by atoms with Gasteiger partial charge in [-0.2, -0.15) is 13.2 Å². The Labute approximate surface area is 170 Å². The number of rotatable bonds is 9. The molecule has 1 fully saturated rings. The van der Waals surface area contributed by atoms with Gasteiger partial charge in [-0.25, -0.2) is 13.1 Å². The summed E-state index contributed by atoms with van der Waals surface area (Å²) in [5, 5.41) is 6.19. The van der Waals surface area contributed by atoms with E-state index in [1.54, 1.807) is 6.92 Å². The van der Waals surface area contributed by atoms with Gasteiger partial charge < -0.3 is 10.6 Å². The highest BCUT2D eigenvalue weighted by Gasteiger charge is 2.34. The molecule has 12 heteroatoms. The monoisotopic (exact) mass is 515 g/mol. The van der Waals surface area contributed by atoms with Gasteiger partial charge in [0.25, 0.3) is 0 Å². The molecule has 0 amide bonds. The van der Waals surface area contributed by atoms with Crippen molar-refractivity contribution < 1.29 is 21.6 Å². The molecule has 26 heavy (non-hydrogen) atoms. The average molecular weight is 515 g/mol. The zero-order valence-electron chi connectivity index (χ0n) is 15.1. The van der Waals surface area contributed by atoms with E-state index in [4.69, 9.17) is 0 Å². The predicted octanol–water partition coefficient (Wildman–Crippen LogP) is 1.13. The smallest absolute Gasteiger partial charge is 0.357 e. The van der Waals surface area contributed by atoms with Gasteiger partial charge in [0.05, 0.1) is 12.3 Å². The molecule has 1 saturated heterocycles. The maximum Gasteiger partial charge on any atom is 0.401 e. The Morgan fingerprint density at radius 2 is 2.00 bits per heavy atom. The van der Waals surface area contributed by atoms with E-state index in [1.807, 2.05) is 6.92 Å². The predicted molar refractivity (Wildman–Crippen MR) is 108 cm³/mol. The first-order valence-corrected chi connectivity index (χ1v) is 10.1. The highest BCUT2D eigenvalue weighted by molar-refractivity contribution is 14.0. The molecule has 1 rings (SSSR count). The number of hydrogen-bond acceptors (Lipinski definition) is 4. The van der Waals surface area contributed by atoms with Crippen LogP contribution < -0.4 is 15.4 Å². The first-order valence-electron chi connectivity index (χ1n) is 8.46. The van der Waals surface area contributed by atoms with E-state index in [2.05, 4.69) is 20.3 Å². The maximum absolute atomic E-state index is 12.4. The third-order valence-corrected chi connectivity index (χ3v) is 5.07. The second kappa shape index (κ2) is 12.2. The Kier molecular flexibility index (Phi) is 12.0. The molecule has 7 nitrogen and oxygen atoms in total. The van der Waals surface area contributed by atoms with Crippen LogP contribution in [0.1, 0.15) is 26.7 Å².